The molecule has 0 unspecified atom stereocenters. The standard InChI is InChI=1S/C19H21F3N2O3/c1-18(2,3)27-17(26)23-11-15-9-14(19(20,21)22)10-16(25)24(15)12-13-7-5-4-6-8-13/h4-10H,11-12H2,1-3H3,(H,23,26). The highest BCUT2D eigenvalue weighted by Gasteiger charge is 2.32. The Morgan fingerprint density at radius 1 is 1.11 bits per heavy atom. The van der Waals surface area contributed by atoms with Crippen molar-refractivity contribution in [2.45, 2.75) is 45.6 Å². The van der Waals surface area contributed by atoms with Crippen LogP contribution in [0, 0.1) is 0 Å². The van der Waals surface area contributed by atoms with Crippen LogP contribution in [0.25, 0.3) is 0 Å². The highest BCUT2D eigenvalue weighted by Crippen LogP contribution is 2.28. The molecule has 8 heteroatoms. The van der Waals surface area contributed by atoms with Crippen LogP contribution in [0.2, 0.25) is 0 Å². The normalized spacial score (nSPS) is 11.9. The Labute approximate surface area is 154 Å². The number of carbonyl (C=O) groups excluding carboxylic acids is 1. The second kappa shape index (κ2) is 7.85. The van der Waals surface area contributed by atoms with Gasteiger partial charge in [-0.15, -0.1) is 0 Å². The molecule has 0 aliphatic rings. The summed E-state index contributed by atoms with van der Waals surface area (Å²) >= 11 is 0. The van der Waals surface area contributed by atoms with Gasteiger partial charge in [0.05, 0.1) is 18.7 Å². The van der Waals surface area contributed by atoms with E-state index >= 15 is 0 Å². The van der Waals surface area contributed by atoms with Crippen molar-refractivity contribution in [2.75, 3.05) is 0 Å². The molecular formula is C19H21F3N2O3. The van der Waals surface area contributed by atoms with E-state index in [-0.39, 0.29) is 18.8 Å². The Kier molecular flexibility index (Phi) is 5.98. The number of hydrogen-bond acceptors (Lipinski definition) is 3. The number of aromatic nitrogens is 1. The van der Waals surface area contributed by atoms with Crippen LogP contribution in [0.4, 0.5) is 18.0 Å². The first-order valence-electron chi connectivity index (χ1n) is 8.27. The summed E-state index contributed by atoms with van der Waals surface area (Å²) in [6.45, 7) is 4.82. The van der Waals surface area contributed by atoms with Crippen LogP contribution in [0.3, 0.4) is 0 Å². The maximum absolute atomic E-state index is 13.1. The predicted molar refractivity (Wildman–Crippen MR) is 94.3 cm³/mol. The van der Waals surface area contributed by atoms with Crippen molar-refractivity contribution in [3.05, 3.63) is 69.6 Å². The van der Waals surface area contributed by atoms with Crippen LogP contribution in [-0.4, -0.2) is 16.3 Å². The fraction of sp³-hybridized carbons (Fsp3) is 0.368. The quantitative estimate of drug-likeness (QED) is 0.871. The molecule has 1 amide bonds. The summed E-state index contributed by atoms with van der Waals surface area (Å²) in [4.78, 5) is 24.1. The lowest BCUT2D eigenvalue weighted by Crippen LogP contribution is -2.34. The Hall–Kier alpha value is -2.77. The van der Waals surface area contributed by atoms with Crippen LogP contribution >= 0.6 is 0 Å². The smallest absolute Gasteiger partial charge is 0.416 e. The molecule has 0 fully saturated rings. The van der Waals surface area contributed by atoms with E-state index in [1.807, 2.05) is 0 Å². The summed E-state index contributed by atoms with van der Waals surface area (Å²) in [6.07, 6.45) is -5.44. The van der Waals surface area contributed by atoms with Crippen LogP contribution in [0.1, 0.15) is 37.6 Å². The number of hydrogen-bond donors (Lipinski definition) is 1. The number of nitrogens with zero attached hydrogens (tertiary/aromatic N) is 1. The zero-order valence-corrected chi connectivity index (χ0v) is 15.3. The van der Waals surface area contributed by atoms with Gasteiger partial charge in [-0.25, -0.2) is 4.79 Å². The van der Waals surface area contributed by atoms with E-state index in [9.17, 15) is 22.8 Å². The maximum Gasteiger partial charge on any atom is 0.416 e. The summed E-state index contributed by atoms with van der Waals surface area (Å²) in [7, 11) is 0. The molecule has 0 saturated carbocycles. The molecule has 1 N–H and O–H groups in total. The topological polar surface area (TPSA) is 60.3 Å². The number of nitrogens with one attached hydrogen (secondary N) is 1. The lowest BCUT2D eigenvalue weighted by atomic mass is 10.1. The minimum absolute atomic E-state index is 0.0320. The van der Waals surface area contributed by atoms with E-state index in [0.29, 0.717) is 6.07 Å². The van der Waals surface area contributed by atoms with Crippen LogP contribution in [-0.2, 0) is 24.0 Å². The summed E-state index contributed by atoms with van der Waals surface area (Å²) in [5.41, 5.74) is -1.82. The van der Waals surface area contributed by atoms with Crippen molar-refractivity contribution >= 4 is 6.09 Å². The molecule has 1 heterocycles. The lowest BCUT2D eigenvalue weighted by Gasteiger charge is -2.21. The van der Waals surface area contributed by atoms with Crippen molar-refractivity contribution in [3.8, 4) is 0 Å². The zero-order valence-electron chi connectivity index (χ0n) is 15.3. The molecule has 2 rings (SSSR count). The molecule has 1 aromatic heterocycles. The van der Waals surface area contributed by atoms with Gasteiger partial charge in [0, 0.05) is 11.8 Å². The molecule has 0 saturated heterocycles. The van der Waals surface area contributed by atoms with Gasteiger partial charge in [-0.2, -0.15) is 13.2 Å². The average molecular weight is 382 g/mol. The molecular weight excluding hydrogens is 361 g/mol. The second-order valence-corrected chi connectivity index (χ2v) is 7.00. The fourth-order valence-electron chi connectivity index (χ4n) is 2.38. The number of pyridine rings is 1. The fourth-order valence-corrected chi connectivity index (χ4v) is 2.38. The van der Waals surface area contributed by atoms with Gasteiger partial charge >= 0.3 is 12.3 Å². The van der Waals surface area contributed by atoms with E-state index in [4.69, 9.17) is 4.74 Å². The number of carbonyl (C=O) groups is 1. The Morgan fingerprint density at radius 2 is 1.74 bits per heavy atom. The largest absolute Gasteiger partial charge is 0.444 e. The molecule has 5 nitrogen and oxygen atoms in total. The molecule has 27 heavy (non-hydrogen) atoms. The minimum atomic E-state index is -4.66. The number of rotatable bonds is 4. The second-order valence-electron chi connectivity index (χ2n) is 7.00. The van der Waals surface area contributed by atoms with Gasteiger partial charge in [0.15, 0.2) is 0 Å². The Morgan fingerprint density at radius 3 is 2.30 bits per heavy atom. The summed E-state index contributed by atoms with van der Waals surface area (Å²) in [6, 6.07) is 10.3. The van der Waals surface area contributed by atoms with Crippen LogP contribution in [0.15, 0.2) is 47.3 Å². The first-order valence-corrected chi connectivity index (χ1v) is 8.27. The van der Waals surface area contributed by atoms with Crippen molar-refractivity contribution in [2.24, 2.45) is 0 Å². The molecule has 0 atom stereocenters. The van der Waals surface area contributed by atoms with E-state index in [2.05, 4.69) is 5.32 Å². The molecule has 0 spiro atoms. The molecule has 1 aromatic carbocycles. The van der Waals surface area contributed by atoms with Crippen molar-refractivity contribution in [1.82, 2.24) is 9.88 Å². The monoisotopic (exact) mass is 382 g/mol. The van der Waals surface area contributed by atoms with Gasteiger partial charge in [0.1, 0.15) is 5.60 Å². The SMILES string of the molecule is CC(C)(C)OC(=O)NCc1cc(C(F)(F)F)cc(=O)n1Cc1ccccc1. The summed E-state index contributed by atoms with van der Waals surface area (Å²) in [5, 5.41) is 2.40. The van der Waals surface area contributed by atoms with Gasteiger partial charge < -0.3 is 14.6 Å². The zero-order chi connectivity index (χ0) is 20.2. The van der Waals surface area contributed by atoms with Crippen molar-refractivity contribution < 1.29 is 22.7 Å². The molecule has 0 aliphatic carbocycles. The number of halogens is 3. The number of benzene rings is 1. The highest BCUT2D eigenvalue weighted by atomic mass is 19.4. The molecule has 0 radical (unpaired) electrons. The highest BCUT2D eigenvalue weighted by molar-refractivity contribution is 5.67. The van der Waals surface area contributed by atoms with E-state index in [1.165, 1.54) is 4.57 Å². The molecule has 2 aromatic rings. The Bertz CT molecular complexity index is 853. The van der Waals surface area contributed by atoms with Crippen LogP contribution in [0.5, 0.6) is 0 Å². The van der Waals surface area contributed by atoms with E-state index in [1.54, 1.807) is 51.1 Å². The van der Waals surface area contributed by atoms with Crippen molar-refractivity contribution in [3.63, 3.8) is 0 Å². The van der Waals surface area contributed by atoms with Gasteiger partial charge in [-0.1, -0.05) is 30.3 Å². The predicted octanol–water partition coefficient (Wildman–Crippen LogP) is 3.94. The number of alkyl carbamates (subject to hydrolysis) is 1. The van der Waals surface area contributed by atoms with Crippen molar-refractivity contribution in [1.29, 1.82) is 0 Å². The molecule has 0 aliphatic heterocycles. The van der Waals surface area contributed by atoms with E-state index in [0.717, 1.165) is 11.6 Å². The number of amides is 1. The van der Waals surface area contributed by atoms with Gasteiger partial charge in [-0.3, -0.25) is 4.79 Å². The number of ether oxygens (including phenoxy) is 1. The lowest BCUT2D eigenvalue weighted by molar-refractivity contribution is -0.137. The number of alkyl halides is 3. The third kappa shape index (κ3) is 6.16. The van der Waals surface area contributed by atoms with Gasteiger partial charge in [0.25, 0.3) is 5.56 Å². The summed E-state index contributed by atoms with van der Waals surface area (Å²) in [5.74, 6) is 0. The Balaban J connectivity index is 2.34. The first-order chi connectivity index (χ1) is 12.5. The third-order valence-corrected chi connectivity index (χ3v) is 3.54. The van der Waals surface area contributed by atoms with Gasteiger partial charge in [-0.05, 0) is 32.4 Å². The molecule has 146 valence electrons. The van der Waals surface area contributed by atoms with Gasteiger partial charge in [0.2, 0.25) is 0 Å². The first kappa shape index (κ1) is 20.5. The van der Waals surface area contributed by atoms with Crippen LogP contribution < -0.4 is 10.9 Å². The van der Waals surface area contributed by atoms with E-state index < -0.39 is 29.0 Å². The minimum Gasteiger partial charge on any atom is -0.444 e. The molecule has 0 bridgehead atoms. The third-order valence-electron chi connectivity index (χ3n) is 3.54. The maximum atomic E-state index is 13.1. The average Bonchev–Trinajstić information content (AvgIpc) is 2.53. The summed E-state index contributed by atoms with van der Waals surface area (Å²) < 4.78 is 45.5.